The van der Waals surface area contributed by atoms with E-state index in [1.165, 1.54) is 30.3 Å². The molecule has 0 spiro atoms. The van der Waals surface area contributed by atoms with E-state index in [0.717, 1.165) is 28.7 Å². The Morgan fingerprint density at radius 2 is 1.56 bits per heavy atom. The second-order valence-electron chi connectivity index (χ2n) is 7.63. The number of nitro groups is 2. The number of imide groups is 2. The number of rotatable bonds is 6. The fraction of sp³-hybridized carbons (Fsp3) is 0.0417. The molecule has 180 valence electrons. The fourth-order valence-corrected chi connectivity index (χ4v) is 3.36. The number of nitrogens with zero attached hydrogens (tertiary/aromatic N) is 3. The number of carbonyl (C=O) groups is 3. The van der Waals surface area contributed by atoms with Crippen LogP contribution in [0.1, 0.15) is 11.1 Å². The lowest BCUT2D eigenvalue weighted by Crippen LogP contribution is -2.54. The Morgan fingerprint density at radius 1 is 0.889 bits per heavy atom. The van der Waals surface area contributed by atoms with Crippen LogP contribution in [-0.4, -0.2) is 27.7 Å². The predicted molar refractivity (Wildman–Crippen MR) is 126 cm³/mol. The van der Waals surface area contributed by atoms with Crippen molar-refractivity contribution in [2.75, 3.05) is 4.90 Å². The van der Waals surface area contributed by atoms with Crippen LogP contribution in [0.3, 0.4) is 0 Å². The van der Waals surface area contributed by atoms with Gasteiger partial charge in [-0.05, 0) is 48.9 Å². The quantitative estimate of drug-likeness (QED) is 0.233. The Labute approximate surface area is 202 Å². The van der Waals surface area contributed by atoms with Crippen molar-refractivity contribution in [1.82, 2.24) is 5.32 Å². The molecule has 1 fully saturated rings. The van der Waals surface area contributed by atoms with Crippen LogP contribution in [0.4, 0.5) is 21.9 Å². The Morgan fingerprint density at radius 3 is 2.17 bits per heavy atom. The van der Waals surface area contributed by atoms with E-state index >= 15 is 0 Å². The first kappa shape index (κ1) is 23.8. The summed E-state index contributed by atoms with van der Waals surface area (Å²) in [5.41, 5.74) is 0.337. The number of nitro benzene ring substituents is 2. The van der Waals surface area contributed by atoms with Crippen molar-refractivity contribution in [2.24, 2.45) is 0 Å². The SMILES string of the molecule is Cc1ccc(N2C(=O)NC(=O)/C(=C\c3ccc(Oc4ccc([N+](=O)[O-])cc4[N+](=O)[O-])cc3)C2=O)cc1. The van der Waals surface area contributed by atoms with E-state index in [4.69, 9.17) is 4.74 Å². The molecule has 0 bridgehead atoms. The minimum absolute atomic E-state index is 0.171. The van der Waals surface area contributed by atoms with Crippen molar-refractivity contribution in [3.8, 4) is 11.5 Å². The highest BCUT2D eigenvalue weighted by Gasteiger charge is 2.36. The number of ether oxygens (including phenoxy) is 1. The highest BCUT2D eigenvalue weighted by molar-refractivity contribution is 6.39. The van der Waals surface area contributed by atoms with Crippen molar-refractivity contribution in [1.29, 1.82) is 0 Å². The Bertz CT molecular complexity index is 1450. The van der Waals surface area contributed by atoms with Crippen molar-refractivity contribution in [3.63, 3.8) is 0 Å². The second-order valence-corrected chi connectivity index (χ2v) is 7.63. The third-order valence-electron chi connectivity index (χ3n) is 5.16. The second kappa shape index (κ2) is 9.46. The standard InChI is InChI=1S/C24H16N4O8/c1-14-2-6-16(7-3-14)26-23(30)19(22(29)25-24(26)31)12-15-4-9-18(10-5-15)36-21-11-8-17(27(32)33)13-20(21)28(34)35/h2-13H,1H3,(H,25,29,31)/b19-12+. The van der Waals surface area contributed by atoms with Gasteiger partial charge in [-0.1, -0.05) is 29.8 Å². The molecule has 1 saturated heterocycles. The largest absolute Gasteiger partial charge is 0.450 e. The molecule has 0 atom stereocenters. The minimum atomic E-state index is -0.862. The molecular formula is C24H16N4O8. The third kappa shape index (κ3) is 4.77. The summed E-state index contributed by atoms with van der Waals surface area (Å²) in [5.74, 6) is -1.68. The molecule has 1 aliphatic rings. The topological polar surface area (TPSA) is 162 Å². The number of hydrogen-bond donors (Lipinski definition) is 1. The molecule has 4 amide bonds. The number of urea groups is 1. The highest BCUT2D eigenvalue weighted by atomic mass is 16.6. The van der Waals surface area contributed by atoms with Gasteiger partial charge in [0.2, 0.25) is 5.75 Å². The van der Waals surface area contributed by atoms with Crippen molar-refractivity contribution < 1.29 is 29.0 Å². The first-order valence-electron chi connectivity index (χ1n) is 10.3. The summed E-state index contributed by atoms with van der Waals surface area (Å²) in [4.78, 5) is 59.1. The molecular weight excluding hydrogens is 472 g/mol. The zero-order chi connectivity index (χ0) is 26.0. The molecule has 12 nitrogen and oxygen atoms in total. The van der Waals surface area contributed by atoms with Crippen molar-refractivity contribution >= 4 is 41.0 Å². The van der Waals surface area contributed by atoms with E-state index in [9.17, 15) is 34.6 Å². The number of carbonyl (C=O) groups excluding carboxylic acids is 3. The molecule has 0 saturated carbocycles. The monoisotopic (exact) mass is 488 g/mol. The van der Waals surface area contributed by atoms with Crippen LogP contribution in [-0.2, 0) is 9.59 Å². The summed E-state index contributed by atoms with van der Waals surface area (Å²) in [7, 11) is 0. The predicted octanol–water partition coefficient (Wildman–Crippen LogP) is 4.27. The van der Waals surface area contributed by atoms with Crippen LogP contribution in [0, 0.1) is 27.2 Å². The summed E-state index contributed by atoms with van der Waals surface area (Å²) >= 11 is 0. The number of barbiturate groups is 1. The molecule has 1 N–H and O–H groups in total. The number of nitrogens with one attached hydrogen (secondary N) is 1. The summed E-state index contributed by atoms with van der Waals surface area (Å²) in [6.07, 6.45) is 1.30. The lowest BCUT2D eigenvalue weighted by Gasteiger charge is -2.26. The number of non-ortho nitro benzene ring substituents is 1. The maximum Gasteiger partial charge on any atom is 0.335 e. The first-order valence-corrected chi connectivity index (χ1v) is 10.3. The molecule has 0 radical (unpaired) electrons. The fourth-order valence-electron chi connectivity index (χ4n) is 3.36. The Balaban J connectivity index is 1.58. The van der Waals surface area contributed by atoms with Gasteiger partial charge in [-0.25, -0.2) is 9.69 Å². The number of hydrogen-bond acceptors (Lipinski definition) is 8. The molecule has 1 aliphatic heterocycles. The van der Waals surface area contributed by atoms with Gasteiger partial charge in [0.15, 0.2) is 0 Å². The zero-order valence-electron chi connectivity index (χ0n) is 18.5. The van der Waals surface area contributed by atoms with Gasteiger partial charge in [0, 0.05) is 6.07 Å². The Kier molecular flexibility index (Phi) is 6.24. The molecule has 0 aromatic heterocycles. The molecule has 1 heterocycles. The Hall–Kier alpha value is -5.39. The number of benzene rings is 3. The van der Waals surface area contributed by atoms with Crippen molar-refractivity contribution in [2.45, 2.75) is 6.92 Å². The summed E-state index contributed by atoms with van der Waals surface area (Å²) in [6, 6.07) is 14.6. The van der Waals surface area contributed by atoms with Crippen LogP contribution in [0.5, 0.6) is 11.5 Å². The average molecular weight is 488 g/mol. The third-order valence-corrected chi connectivity index (χ3v) is 5.16. The van der Waals surface area contributed by atoms with E-state index in [1.54, 1.807) is 24.3 Å². The van der Waals surface area contributed by atoms with E-state index in [2.05, 4.69) is 5.32 Å². The maximum atomic E-state index is 13.0. The zero-order valence-corrected chi connectivity index (χ0v) is 18.5. The van der Waals surface area contributed by atoms with E-state index in [0.29, 0.717) is 11.3 Å². The molecule has 12 heteroatoms. The molecule has 36 heavy (non-hydrogen) atoms. The highest BCUT2D eigenvalue weighted by Crippen LogP contribution is 2.34. The van der Waals surface area contributed by atoms with Gasteiger partial charge < -0.3 is 4.74 Å². The smallest absolute Gasteiger partial charge is 0.335 e. The summed E-state index contributed by atoms with van der Waals surface area (Å²) < 4.78 is 5.51. The number of amides is 4. The molecule has 3 aromatic rings. The van der Waals surface area contributed by atoms with Gasteiger partial charge in [-0.3, -0.25) is 35.1 Å². The molecule has 0 unspecified atom stereocenters. The van der Waals surface area contributed by atoms with Gasteiger partial charge in [-0.15, -0.1) is 0 Å². The lowest BCUT2D eigenvalue weighted by atomic mass is 10.1. The molecule has 4 rings (SSSR count). The van der Waals surface area contributed by atoms with Gasteiger partial charge in [0.1, 0.15) is 11.3 Å². The summed E-state index contributed by atoms with van der Waals surface area (Å²) in [5, 5.41) is 24.3. The number of anilines is 1. The van der Waals surface area contributed by atoms with Crippen LogP contribution in [0.2, 0.25) is 0 Å². The van der Waals surface area contributed by atoms with Gasteiger partial charge in [0.25, 0.3) is 17.5 Å². The van der Waals surface area contributed by atoms with E-state index in [-0.39, 0.29) is 17.1 Å². The maximum absolute atomic E-state index is 13.0. The average Bonchev–Trinajstić information content (AvgIpc) is 2.84. The summed E-state index contributed by atoms with van der Waals surface area (Å²) in [6.45, 7) is 1.85. The van der Waals surface area contributed by atoms with E-state index < -0.39 is 39.1 Å². The molecule has 0 aliphatic carbocycles. The molecule has 3 aromatic carbocycles. The normalized spacial score (nSPS) is 14.5. The van der Waals surface area contributed by atoms with Crippen LogP contribution < -0.4 is 15.0 Å². The minimum Gasteiger partial charge on any atom is -0.450 e. The van der Waals surface area contributed by atoms with E-state index in [1.807, 2.05) is 6.92 Å². The lowest BCUT2D eigenvalue weighted by molar-refractivity contribution is -0.394. The van der Waals surface area contributed by atoms with Crippen LogP contribution in [0.15, 0.2) is 72.3 Å². The van der Waals surface area contributed by atoms with Gasteiger partial charge in [0.05, 0.1) is 21.6 Å². The van der Waals surface area contributed by atoms with Gasteiger partial charge >= 0.3 is 11.7 Å². The first-order chi connectivity index (χ1) is 17.1. The van der Waals surface area contributed by atoms with Crippen LogP contribution in [0.25, 0.3) is 6.08 Å². The van der Waals surface area contributed by atoms with Crippen molar-refractivity contribution in [3.05, 3.63) is 104 Å². The van der Waals surface area contributed by atoms with Gasteiger partial charge in [-0.2, -0.15) is 0 Å². The van der Waals surface area contributed by atoms with Crippen LogP contribution >= 0.6 is 0 Å². The number of aryl methyl sites for hydroxylation is 1.